The highest BCUT2D eigenvalue weighted by atomic mass is 32.1. The van der Waals surface area contributed by atoms with E-state index >= 15 is 0 Å². The number of hydrogen-bond acceptors (Lipinski definition) is 3. The van der Waals surface area contributed by atoms with Gasteiger partial charge < -0.3 is 0 Å². The maximum Gasteiger partial charge on any atom is 0.0986 e. The zero-order valence-corrected chi connectivity index (χ0v) is 6.30. The molecule has 1 rings (SSSR count). The van der Waals surface area contributed by atoms with Crippen molar-refractivity contribution in [3.05, 3.63) is 26.5 Å². The molecule has 0 unspecified atom stereocenters. The predicted octanol–water partition coefficient (Wildman–Crippen LogP) is 2.26. The predicted molar refractivity (Wildman–Crippen MR) is 39.7 cm³/mol. The van der Waals surface area contributed by atoms with Gasteiger partial charge in [-0.3, -0.25) is 0 Å². The summed E-state index contributed by atoms with van der Waals surface area (Å²) in [6.07, 6.45) is 0. The Morgan fingerprint density at radius 2 is 2.70 bits per heavy atom. The van der Waals surface area contributed by atoms with Crippen molar-refractivity contribution >= 4 is 11.3 Å². The summed E-state index contributed by atoms with van der Waals surface area (Å²) in [5, 5.41) is 6.19. The van der Waals surface area contributed by atoms with E-state index in [0.29, 0.717) is 6.54 Å². The van der Waals surface area contributed by atoms with Crippen LogP contribution in [0.4, 0.5) is 0 Å². The van der Waals surface area contributed by atoms with Crippen LogP contribution in [0, 0.1) is 6.92 Å². The molecule has 0 bridgehead atoms. The smallest absolute Gasteiger partial charge is 0.0986 e. The van der Waals surface area contributed by atoms with E-state index in [-0.39, 0.29) is 0 Å². The van der Waals surface area contributed by atoms with Gasteiger partial charge in [0.05, 0.1) is 11.6 Å². The molecule has 52 valence electrons. The summed E-state index contributed by atoms with van der Waals surface area (Å²) in [6, 6.07) is 0. The summed E-state index contributed by atoms with van der Waals surface area (Å²) < 4.78 is 0. The topological polar surface area (TPSA) is 61.7 Å². The van der Waals surface area contributed by atoms with Crippen molar-refractivity contribution in [2.45, 2.75) is 13.5 Å². The number of nitrogens with zero attached hydrogens (tertiary/aromatic N) is 4. The summed E-state index contributed by atoms with van der Waals surface area (Å²) in [7, 11) is 0. The highest BCUT2D eigenvalue weighted by molar-refractivity contribution is 7.09. The number of thiazole rings is 1. The minimum Gasteiger partial charge on any atom is -0.246 e. The maximum absolute atomic E-state index is 7.97. The van der Waals surface area contributed by atoms with Crippen molar-refractivity contribution in [1.82, 2.24) is 4.98 Å². The molecule has 0 aliphatic carbocycles. The molecule has 0 spiro atoms. The Kier molecular flexibility index (Phi) is 2.25. The lowest BCUT2D eigenvalue weighted by Crippen LogP contribution is -1.76. The lowest BCUT2D eigenvalue weighted by molar-refractivity contribution is 1.00. The average Bonchev–Trinajstić information content (AvgIpc) is 2.31. The molecule has 4 nitrogen and oxygen atoms in total. The first-order valence-electron chi connectivity index (χ1n) is 2.75. The monoisotopic (exact) mass is 154 g/mol. The van der Waals surface area contributed by atoms with Crippen LogP contribution in [0.1, 0.15) is 10.7 Å². The quantitative estimate of drug-likeness (QED) is 0.366. The summed E-state index contributed by atoms with van der Waals surface area (Å²) in [5.41, 5.74) is 8.95. The van der Waals surface area contributed by atoms with Gasteiger partial charge in [0.1, 0.15) is 0 Å². The van der Waals surface area contributed by atoms with Gasteiger partial charge in [-0.05, 0) is 12.5 Å². The van der Waals surface area contributed by atoms with Gasteiger partial charge >= 0.3 is 0 Å². The fraction of sp³-hybridized carbons (Fsp3) is 0.400. The van der Waals surface area contributed by atoms with Crippen molar-refractivity contribution in [3.8, 4) is 0 Å². The van der Waals surface area contributed by atoms with Gasteiger partial charge in [-0.15, -0.1) is 11.3 Å². The SMILES string of the molecule is Cc1csc(CN=[N+]=[N-])n1. The molecular weight excluding hydrogens is 148 g/mol. The molecule has 1 aromatic heterocycles. The van der Waals surface area contributed by atoms with Gasteiger partial charge in [0.15, 0.2) is 0 Å². The molecule has 0 amide bonds. The Hall–Kier alpha value is -1.06. The van der Waals surface area contributed by atoms with E-state index < -0.39 is 0 Å². The van der Waals surface area contributed by atoms with Crippen LogP contribution in [0.15, 0.2) is 10.5 Å². The summed E-state index contributed by atoms with van der Waals surface area (Å²) in [5.74, 6) is 0. The van der Waals surface area contributed by atoms with Crippen LogP contribution in [0.25, 0.3) is 10.4 Å². The lowest BCUT2D eigenvalue weighted by atomic mass is 10.6. The van der Waals surface area contributed by atoms with Gasteiger partial charge in [-0.25, -0.2) is 4.98 Å². The van der Waals surface area contributed by atoms with Crippen LogP contribution >= 0.6 is 11.3 Å². The summed E-state index contributed by atoms with van der Waals surface area (Å²) >= 11 is 1.51. The Labute approximate surface area is 62.2 Å². The molecule has 0 radical (unpaired) electrons. The van der Waals surface area contributed by atoms with E-state index in [4.69, 9.17) is 5.53 Å². The summed E-state index contributed by atoms with van der Waals surface area (Å²) in [4.78, 5) is 6.73. The molecule has 0 aromatic carbocycles. The normalized spacial score (nSPS) is 8.90. The van der Waals surface area contributed by atoms with Crippen molar-refractivity contribution in [2.24, 2.45) is 5.11 Å². The zero-order chi connectivity index (χ0) is 7.40. The van der Waals surface area contributed by atoms with Gasteiger partial charge in [-0.1, -0.05) is 5.11 Å². The number of rotatable bonds is 2. The standard InChI is InChI=1S/C5H6N4S/c1-4-3-10-5(8-4)2-7-9-6/h3H,2H2,1H3. The van der Waals surface area contributed by atoms with Crippen molar-refractivity contribution in [1.29, 1.82) is 0 Å². The fourth-order valence-corrected chi connectivity index (χ4v) is 1.26. The van der Waals surface area contributed by atoms with Gasteiger partial charge in [0, 0.05) is 16.0 Å². The first-order chi connectivity index (χ1) is 4.83. The first-order valence-corrected chi connectivity index (χ1v) is 3.63. The van der Waals surface area contributed by atoms with Crippen molar-refractivity contribution in [3.63, 3.8) is 0 Å². The lowest BCUT2D eigenvalue weighted by Gasteiger charge is -1.80. The second-order valence-electron chi connectivity index (χ2n) is 1.77. The molecule has 0 fully saturated rings. The van der Waals surface area contributed by atoms with E-state index in [1.165, 1.54) is 11.3 Å². The largest absolute Gasteiger partial charge is 0.246 e. The zero-order valence-electron chi connectivity index (χ0n) is 5.48. The molecule has 0 saturated carbocycles. The van der Waals surface area contributed by atoms with E-state index in [1.807, 2.05) is 12.3 Å². The number of aromatic nitrogens is 1. The van der Waals surface area contributed by atoms with E-state index in [1.54, 1.807) is 0 Å². The van der Waals surface area contributed by atoms with Crippen LogP contribution in [0.5, 0.6) is 0 Å². The van der Waals surface area contributed by atoms with Crippen LogP contribution in [0.3, 0.4) is 0 Å². The number of aryl methyl sites for hydroxylation is 1. The van der Waals surface area contributed by atoms with Crippen LogP contribution in [-0.4, -0.2) is 4.98 Å². The molecule has 0 aliphatic heterocycles. The Balaban J connectivity index is 2.66. The minimum absolute atomic E-state index is 0.370. The minimum atomic E-state index is 0.370. The Morgan fingerprint density at radius 3 is 3.20 bits per heavy atom. The first kappa shape index (κ1) is 7.05. The molecule has 5 heteroatoms. The van der Waals surface area contributed by atoms with Crippen LogP contribution in [0.2, 0.25) is 0 Å². The molecule has 0 saturated heterocycles. The average molecular weight is 154 g/mol. The fourth-order valence-electron chi connectivity index (χ4n) is 0.567. The molecule has 1 aromatic rings. The molecule has 0 N–H and O–H groups in total. The van der Waals surface area contributed by atoms with E-state index in [0.717, 1.165) is 10.7 Å². The molecule has 10 heavy (non-hydrogen) atoms. The van der Waals surface area contributed by atoms with Gasteiger partial charge in [0.2, 0.25) is 0 Å². The third-order valence-electron chi connectivity index (χ3n) is 0.936. The van der Waals surface area contributed by atoms with Crippen LogP contribution in [-0.2, 0) is 6.54 Å². The summed E-state index contributed by atoms with van der Waals surface area (Å²) in [6.45, 7) is 2.28. The Bertz CT molecular complexity index is 260. The third-order valence-corrected chi connectivity index (χ3v) is 1.89. The van der Waals surface area contributed by atoms with Gasteiger partial charge in [0.25, 0.3) is 0 Å². The molecule has 0 atom stereocenters. The Morgan fingerprint density at radius 1 is 1.90 bits per heavy atom. The van der Waals surface area contributed by atoms with Gasteiger partial charge in [-0.2, -0.15) is 0 Å². The molecule has 0 aliphatic rings. The van der Waals surface area contributed by atoms with Crippen LogP contribution < -0.4 is 0 Å². The third kappa shape index (κ3) is 1.72. The molecular formula is C5H6N4S. The number of hydrogen-bond donors (Lipinski definition) is 0. The number of azide groups is 1. The van der Waals surface area contributed by atoms with E-state index in [2.05, 4.69) is 15.0 Å². The van der Waals surface area contributed by atoms with E-state index in [9.17, 15) is 0 Å². The second kappa shape index (κ2) is 3.20. The van der Waals surface area contributed by atoms with Crippen molar-refractivity contribution in [2.75, 3.05) is 0 Å². The molecule has 1 heterocycles. The maximum atomic E-state index is 7.97. The highest BCUT2D eigenvalue weighted by Gasteiger charge is 1.93. The highest BCUT2D eigenvalue weighted by Crippen LogP contribution is 2.09. The van der Waals surface area contributed by atoms with Crippen molar-refractivity contribution < 1.29 is 0 Å². The second-order valence-corrected chi connectivity index (χ2v) is 2.71.